The summed E-state index contributed by atoms with van der Waals surface area (Å²) in [5.41, 5.74) is 1.56. The van der Waals surface area contributed by atoms with Gasteiger partial charge in [-0.15, -0.1) is 10.2 Å². The van der Waals surface area contributed by atoms with Crippen molar-refractivity contribution >= 4 is 23.3 Å². The van der Waals surface area contributed by atoms with Crippen LogP contribution in [0.25, 0.3) is 17.2 Å². The Bertz CT molecular complexity index is 1100. The topological polar surface area (TPSA) is 78.6 Å². The zero-order valence-corrected chi connectivity index (χ0v) is 18.2. The number of aromatic nitrogens is 6. The van der Waals surface area contributed by atoms with Gasteiger partial charge < -0.3 is 4.74 Å². The number of ether oxygens (including phenoxy) is 1. The Morgan fingerprint density at radius 1 is 1.03 bits per heavy atom. The van der Waals surface area contributed by atoms with E-state index in [2.05, 4.69) is 45.3 Å². The summed E-state index contributed by atoms with van der Waals surface area (Å²) in [7, 11) is 1.65. The van der Waals surface area contributed by atoms with E-state index in [0.29, 0.717) is 11.0 Å². The number of rotatable bonds is 5. The van der Waals surface area contributed by atoms with Crippen LogP contribution in [0.5, 0.6) is 5.75 Å². The Morgan fingerprint density at radius 3 is 2.45 bits per heavy atom. The molecule has 0 saturated carbocycles. The van der Waals surface area contributed by atoms with Crippen LogP contribution in [0.4, 0.5) is 0 Å². The second kappa shape index (κ2) is 7.92. The molecule has 0 spiro atoms. The van der Waals surface area contributed by atoms with Crippen LogP contribution in [0.2, 0.25) is 0 Å². The third kappa shape index (κ3) is 4.15. The fourth-order valence-corrected chi connectivity index (χ4v) is 4.34. The lowest BCUT2D eigenvalue weighted by atomic mass is 9.96. The van der Waals surface area contributed by atoms with Gasteiger partial charge in [-0.1, -0.05) is 26.8 Å². The molecular weight excluding hydrogens is 404 g/mol. The van der Waals surface area contributed by atoms with E-state index in [4.69, 9.17) is 4.74 Å². The van der Waals surface area contributed by atoms with Gasteiger partial charge in [-0.3, -0.25) is 9.55 Å². The highest BCUT2D eigenvalue weighted by Crippen LogP contribution is 2.34. The van der Waals surface area contributed by atoms with Gasteiger partial charge in [0.15, 0.2) is 10.2 Å². The van der Waals surface area contributed by atoms with Crippen molar-refractivity contribution in [2.24, 2.45) is 0 Å². The van der Waals surface area contributed by atoms with E-state index < -0.39 is 0 Å². The van der Waals surface area contributed by atoms with Crippen molar-refractivity contribution in [3.05, 3.63) is 54.5 Å². The van der Waals surface area contributed by atoms with Gasteiger partial charge in [0.2, 0.25) is 5.16 Å². The number of pyridine rings is 1. The van der Waals surface area contributed by atoms with Gasteiger partial charge in [0, 0.05) is 11.6 Å². The SMILES string of the molecule is COc1ccc(-n2c(Sc3nc(C(C)(C)C)ns3)nnc2-c2ccccn2)cc1. The van der Waals surface area contributed by atoms with Crippen molar-refractivity contribution in [3.63, 3.8) is 0 Å². The van der Waals surface area contributed by atoms with Crippen molar-refractivity contribution < 1.29 is 4.74 Å². The molecule has 1 aromatic carbocycles. The first kappa shape index (κ1) is 19.5. The van der Waals surface area contributed by atoms with Gasteiger partial charge in [0.05, 0.1) is 12.8 Å². The maximum Gasteiger partial charge on any atom is 0.203 e. The molecule has 3 aromatic heterocycles. The largest absolute Gasteiger partial charge is 0.497 e. The molecule has 0 aliphatic rings. The molecule has 0 aliphatic carbocycles. The minimum atomic E-state index is -0.0991. The van der Waals surface area contributed by atoms with Gasteiger partial charge in [-0.2, -0.15) is 4.37 Å². The molecule has 0 saturated heterocycles. The first-order valence-corrected chi connectivity index (χ1v) is 10.6. The lowest BCUT2D eigenvalue weighted by Crippen LogP contribution is -2.12. The Balaban J connectivity index is 1.77. The van der Waals surface area contributed by atoms with Crippen LogP contribution in [0.3, 0.4) is 0 Å². The smallest absolute Gasteiger partial charge is 0.203 e. The van der Waals surface area contributed by atoms with Gasteiger partial charge >= 0.3 is 0 Å². The first-order chi connectivity index (χ1) is 14.0. The van der Waals surface area contributed by atoms with Crippen molar-refractivity contribution in [1.29, 1.82) is 0 Å². The molecule has 9 heteroatoms. The van der Waals surface area contributed by atoms with Crippen LogP contribution in [0.15, 0.2) is 58.2 Å². The van der Waals surface area contributed by atoms with Crippen molar-refractivity contribution in [3.8, 4) is 23.0 Å². The van der Waals surface area contributed by atoms with Crippen LogP contribution in [-0.2, 0) is 5.41 Å². The predicted molar refractivity (Wildman–Crippen MR) is 114 cm³/mol. The Hall–Kier alpha value is -2.78. The van der Waals surface area contributed by atoms with E-state index in [-0.39, 0.29) is 5.41 Å². The molecule has 7 nitrogen and oxygen atoms in total. The molecule has 0 atom stereocenters. The minimum absolute atomic E-state index is 0.0991. The molecule has 148 valence electrons. The van der Waals surface area contributed by atoms with E-state index in [0.717, 1.165) is 27.3 Å². The molecule has 3 heterocycles. The maximum absolute atomic E-state index is 5.29. The van der Waals surface area contributed by atoms with E-state index in [9.17, 15) is 0 Å². The molecular formula is C20H20N6OS2. The highest BCUT2D eigenvalue weighted by molar-refractivity contribution is 8.00. The molecule has 0 bridgehead atoms. The van der Waals surface area contributed by atoms with Crippen molar-refractivity contribution in [1.82, 2.24) is 29.1 Å². The summed E-state index contributed by atoms with van der Waals surface area (Å²) in [6.45, 7) is 6.30. The molecule has 0 aliphatic heterocycles. The third-order valence-electron chi connectivity index (χ3n) is 4.11. The average molecular weight is 425 g/mol. The quantitative estimate of drug-likeness (QED) is 0.462. The summed E-state index contributed by atoms with van der Waals surface area (Å²) in [6, 6.07) is 13.5. The summed E-state index contributed by atoms with van der Waals surface area (Å²) in [5, 5.41) is 9.54. The van der Waals surface area contributed by atoms with Gasteiger partial charge in [-0.05, 0) is 59.7 Å². The summed E-state index contributed by atoms with van der Waals surface area (Å²) in [4.78, 5) is 9.12. The van der Waals surface area contributed by atoms with Crippen molar-refractivity contribution in [2.45, 2.75) is 35.7 Å². The van der Waals surface area contributed by atoms with Crippen molar-refractivity contribution in [2.75, 3.05) is 7.11 Å². The van der Waals surface area contributed by atoms with Crippen LogP contribution < -0.4 is 4.74 Å². The monoisotopic (exact) mass is 424 g/mol. The highest BCUT2D eigenvalue weighted by Gasteiger charge is 2.22. The number of nitrogens with zero attached hydrogens (tertiary/aromatic N) is 6. The normalized spacial score (nSPS) is 11.6. The molecule has 0 N–H and O–H groups in total. The summed E-state index contributed by atoms with van der Waals surface area (Å²) >= 11 is 2.82. The lowest BCUT2D eigenvalue weighted by Gasteiger charge is -2.12. The number of hydrogen-bond donors (Lipinski definition) is 0. The molecule has 0 fully saturated rings. The number of benzene rings is 1. The predicted octanol–water partition coefficient (Wildman–Crippen LogP) is 4.64. The highest BCUT2D eigenvalue weighted by atomic mass is 32.2. The molecule has 0 amide bonds. The summed E-state index contributed by atoms with van der Waals surface area (Å²) < 4.78 is 12.6. The maximum atomic E-state index is 5.29. The molecule has 4 aromatic rings. The Labute approximate surface area is 177 Å². The molecule has 0 unspecified atom stereocenters. The zero-order valence-electron chi connectivity index (χ0n) is 16.5. The fourth-order valence-electron chi connectivity index (χ4n) is 2.59. The van der Waals surface area contributed by atoms with Crippen LogP contribution >= 0.6 is 23.3 Å². The van der Waals surface area contributed by atoms with Crippen LogP contribution in [-0.4, -0.2) is 36.2 Å². The fraction of sp³-hybridized carbons (Fsp3) is 0.250. The third-order valence-corrected chi connectivity index (χ3v) is 5.81. The van der Waals surface area contributed by atoms with E-state index in [1.807, 2.05) is 47.0 Å². The summed E-state index contributed by atoms with van der Waals surface area (Å²) in [6.07, 6.45) is 1.75. The lowest BCUT2D eigenvalue weighted by molar-refractivity contribution is 0.414. The Morgan fingerprint density at radius 2 is 1.83 bits per heavy atom. The zero-order chi connectivity index (χ0) is 20.4. The molecule has 29 heavy (non-hydrogen) atoms. The van der Waals surface area contributed by atoms with Crippen LogP contribution in [0, 0.1) is 0 Å². The second-order valence-corrected chi connectivity index (χ2v) is 9.26. The molecule has 4 rings (SSSR count). The van der Waals surface area contributed by atoms with Gasteiger partial charge in [-0.25, -0.2) is 4.98 Å². The number of hydrogen-bond acceptors (Lipinski definition) is 8. The van der Waals surface area contributed by atoms with Crippen LogP contribution in [0.1, 0.15) is 26.6 Å². The Kier molecular flexibility index (Phi) is 5.33. The summed E-state index contributed by atoms with van der Waals surface area (Å²) in [5.74, 6) is 2.28. The molecule has 0 radical (unpaired) electrons. The van der Waals surface area contributed by atoms with Gasteiger partial charge in [0.1, 0.15) is 17.3 Å². The second-order valence-electron chi connectivity index (χ2n) is 7.29. The van der Waals surface area contributed by atoms with Gasteiger partial charge in [0.25, 0.3) is 0 Å². The van der Waals surface area contributed by atoms with E-state index >= 15 is 0 Å². The van der Waals surface area contributed by atoms with E-state index in [1.54, 1.807) is 13.3 Å². The standard InChI is InChI=1S/C20H20N6OS2/c1-20(2,3)17-22-19(29-25-17)28-18-24-23-16(15-7-5-6-12-21-15)26(18)13-8-10-14(27-4)11-9-13/h5-12H,1-4H3. The average Bonchev–Trinajstić information content (AvgIpc) is 3.36. The number of methoxy groups -OCH3 is 1. The van der Waals surface area contributed by atoms with E-state index in [1.165, 1.54) is 23.3 Å². The first-order valence-electron chi connectivity index (χ1n) is 8.99. The minimum Gasteiger partial charge on any atom is -0.497 e.